The van der Waals surface area contributed by atoms with E-state index in [1.807, 2.05) is 0 Å². The first-order chi connectivity index (χ1) is 19.6. The molecule has 0 bridgehead atoms. The van der Waals surface area contributed by atoms with Crippen molar-refractivity contribution in [1.82, 2.24) is 24.8 Å². The van der Waals surface area contributed by atoms with Crippen LogP contribution in [0.25, 0.3) is 11.2 Å². The lowest BCUT2D eigenvalue weighted by molar-refractivity contribution is -0.181. The summed E-state index contributed by atoms with van der Waals surface area (Å²) in [6, 6.07) is 8.47. The Morgan fingerprint density at radius 1 is 1.32 bits per heavy atom. The zero-order chi connectivity index (χ0) is 29.4. The summed E-state index contributed by atoms with van der Waals surface area (Å²) in [4.78, 5) is 38.4. The lowest BCUT2D eigenvalue weighted by Gasteiger charge is -2.31. The zero-order valence-electron chi connectivity index (χ0n) is 22.2. The number of carbonyl (C=O) groups excluding carboxylic acids is 1. The summed E-state index contributed by atoms with van der Waals surface area (Å²) in [6.45, 7) is -0.643. The molecule has 1 saturated heterocycles. The number of nitrogens with one attached hydrogen (secondary N) is 1. The highest BCUT2D eigenvalue weighted by Crippen LogP contribution is 2.40. The zero-order valence-corrected chi connectivity index (χ0v) is 23.0. The molecule has 2 aromatic heterocycles. The number of aliphatic hydroxyl groups is 2. The number of benzene rings is 1. The van der Waals surface area contributed by atoms with E-state index in [9.17, 15) is 24.9 Å². The molecule has 3 aromatic rings. The number of aliphatic hydroxyl groups excluding tert-OH is 1. The van der Waals surface area contributed by atoms with Gasteiger partial charge >= 0.3 is 5.97 Å². The number of imidazole rings is 1. The smallest absolute Gasteiger partial charge is 0.346 e. The number of terminal acetylenes is 1. The number of nitrogens with zero attached hydrogens (tertiary/aromatic N) is 4. The maximum absolute atomic E-state index is 12.9. The summed E-state index contributed by atoms with van der Waals surface area (Å²) < 4.78 is 13.1. The third kappa shape index (κ3) is 5.39. The SMILES string of the molecule is C#C[C@@]1(O)[C@@H](COC(Cc2ccccc2)(C(=O)O)C(=O)NC)O[C@@H](n2cnc3c(CCC4CC4)nc(Cl)nc32)[C@@H]1O. The average molecular weight is 584 g/mol. The molecule has 2 aliphatic rings. The van der Waals surface area contributed by atoms with Crippen molar-refractivity contribution in [3.63, 3.8) is 0 Å². The van der Waals surface area contributed by atoms with E-state index >= 15 is 0 Å². The number of rotatable bonds is 11. The molecule has 1 unspecified atom stereocenters. The van der Waals surface area contributed by atoms with Crippen molar-refractivity contribution in [2.45, 2.75) is 61.7 Å². The van der Waals surface area contributed by atoms with Crippen LogP contribution in [0, 0.1) is 18.3 Å². The maximum Gasteiger partial charge on any atom is 0.346 e. The molecular formula is C28H30ClN5O7. The van der Waals surface area contributed by atoms with Gasteiger partial charge < -0.3 is 30.1 Å². The predicted octanol–water partition coefficient (Wildman–Crippen LogP) is 1.27. The molecule has 1 aliphatic heterocycles. The molecule has 41 heavy (non-hydrogen) atoms. The van der Waals surface area contributed by atoms with Crippen molar-refractivity contribution in [3.05, 3.63) is 53.2 Å². The Morgan fingerprint density at radius 3 is 2.68 bits per heavy atom. The number of carboxylic acid groups (broad SMARTS) is 1. The van der Waals surface area contributed by atoms with E-state index in [4.69, 9.17) is 27.5 Å². The minimum Gasteiger partial charge on any atom is -0.479 e. The van der Waals surface area contributed by atoms with Crippen LogP contribution in [0.2, 0.25) is 5.28 Å². The van der Waals surface area contributed by atoms with Crippen LogP contribution in [0.4, 0.5) is 0 Å². The molecule has 13 heteroatoms. The molecule has 0 radical (unpaired) electrons. The van der Waals surface area contributed by atoms with Gasteiger partial charge in [0.25, 0.3) is 5.91 Å². The van der Waals surface area contributed by atoms with Crippen LogP contribution in [0.15, 0.2) is 36.7 Å². The molecule has 1 aromatic carbocycles. The normalized spacial score (nSPS) is 25.5. The van der Waals surface area contributed by atoms with Gasteiger partial charge in [0.2, 0.25) is 10.9 Å². The molecule has 0 spiro atoms. The Bertz CT molecular complexity index is 1490. The summed E-state index contributed by atoms with van der Waals surface area (Å²) in [6.07, 6.45) is 6.24. The number of fused-ring (bicyclic) bond motifs is 1. The van der Waals surface area contributed by atoms with E-state index in [1.54, 1.807) is 30.3 Å². The number of ether oxygens (including phenoxy) is 2. The Kier molecular flexibility index (Phi) is 8.00. The minimum atomic E-state index is -2.38. The van der Waals surface area contributed by atoms with E-state index in [0.717, 1.165) is 6.42 Å². The number of hydrogen-bond donors (Lipinski definition) is 4. The predicted molar refractivity (Wildman–Crippen MR) is 146 cm³/mol. The van der Waals surface area contributed by atoms with Crippen LogP contribution in [-0.4, -0.2) is 83.8 Å². The molecule has 1 aliphatic carbocycles. The first-order valence-electron chi connectivity index (χ1n) is 13.2. The fraction of sp³-hybridized carbons (Fsp3) is 0.464. The van der Waals surface area contributed by atoms with E-state index in [0.29, 0.717) is 29.1 Å². The molecular weight excluding hydrogens is 554 g/mol. The highest BCUT2D eigenvalue weighted by Gasteiger charge is 2.57. The molecule has 2 fully saturated rings. The number of carbonyl (C=O) groups is 2. The number of hydrogen-bond acceptors (Lipinski definition) is 9. The molecule has 216 valence electrons. The van der Waals surface area contributed by atoms with Gasteiger partial charge in [-0.3, -0.25) is 9.36 Å². The Morgan fingerprint density at radius 2 is 2.05 bits per heavy atom. The van der Waals surface area contributed by atoms with Crippen molar-refractivity contribution in [1.29, 1.82) is 0 Å². The number of likely N-dealkylation sites (N-methyl/N-ethyl adjacent to an activating group) is 1. The lowest BCUT2D eigenvalue weighted by atomic mass is 9.91. The third-order valence-corrected chi connectivity index (χ3v) is 7.86. The number of aliphatic carboxylic acids is 1. The van der Waals surface area contributed by atoms with Gasteiger partial charge in [-0.15, -0.1) is 6.42 Å². The fourth-order valence-corrected chi connectivity index (χ4v) is 5.29. The van der Waals surface area contributed by atoms with Gasteiger partial charge in [0.15, 0.2) is 17.5 Å². The first-order valence-corrected chi connectivity index (χ1v) is 13.6. The fourth-order valence-electron chi connectivity index (χ4n) is 5.10. The number of aromatic nitrogens is 4. The van der Waals surface area contributed by atoms with Crippen LogP contribution < -0.4 is 5.32 Å². The molecule has 5 rings (SSSR count). The second-order valence-corrected chi connectivity index (χ2v) is 10.7. The van der Waals surface area contributed by atoms with E-state index < -0.39 is 48.1 Å². The monoisotopic (exact) mass is 583 g/mol. The van der Waals surface area contributed by atoms with Crippen molar-refractivity contribution in [2.75, 3.05) is 13.7 Å². The highest BCUT2D eigenvalue weighted by atomic mass is 35.5. The highest BCUT2D eigenvalue weighted by molar-refractivity contribution is 6.28. The van der Waals surface area contributed by atoms with E-state index in [-0.39, 0.29) is 17.4 Å². The van der Waals surface area contributed by atoms with Crippen molar-refractivity contribution >= 4 is 34.6 Å². The number of aryl methyl sites for hydroxylation is 1. The Labute approximate surface area is 240 Å². The summed E-state index contributed by atoms with van der Waals surface area (Å²) in [7, 11) is 1.29. The van der Waals surface area contributed by atoms with Crippen LogP contribution in [-0.2, 0) is 31.9 Å². The van der Waals surface area contributed by atoms with Gasteiger partial charge in [0.05, 0.1) is 18.6 Å². The number of halogens is 1. The average Bonchev–Trinajstić information content (AvgIpc) is 3.66. The van der Waals surface area contributed by atoms with E-state index in [1.165, 1.54) is 30.8 Å². The standard InChI is InChI=1S/C28H30ClN5O7/c1-3-27(39)19(14-40-28(25(37)38,24(36)30-2)13-17-7-5-4-6-8-17)41-23(21(27)35)34-15-31-20-18(12-11-16-9-10-16)32-26(29)33-22(20)34/h1,4-8,15-16,19,21,23,35,39H,9-14H2,2H3,(H,30,36)(H,37,38)/t19-,21+,23-,27-,28?/m1/s1. The maximum atomic E-state index is 12.9. The van der Waals surface area contributed by atoms with Gasteiger partial charge in [0.1, 0.15) is 17.7 Å². The summed E-state index contributed by atoms with van der Waals surface area (Å²) in [5, 5.41) is 34.9. The quantitative estimate of drug-likeness (QED) is 0.146. The summed E-state index contributed by atoms with van der Waals surface area (Å²) in [5.74, 6) is 0.348. The van der Waals surface area contributed by atoms with Crippen molar-refractivity contribution in [2.24, 2.45) is 5.92 Å². The van der Waals surface area contributed by atoms with Crippen molar-refractivity contribution in [3.8, 4) is 12.3 Å². The number of amides is 1. The largest absolute Gasteiger partial charge is 0.479 e. The summed E-state index contributed by atoms with van der Waals surface area (Å²) >= 11 is 6.22. The van der Waals surface area contributed by atoms with Crippen molar-refractivity contribution < 1.29 is 34.4 Å². The Hall–Kier alpha value is -3.60. The Balaban J connectivity index is 1.43. The summed E-state index contributed by atoms with van der Waals surface area (Å²) in [5.41, 5.74) is -2.76. The van der Waals surface area contributed by atoms with Crippen LogP contribution in [0.5, 0.6) is 0 Å². The van der Waals surface area contributed by atoms with Gasteiger partial charge in [-0.05, 0) is 35.9 Å². The van der Waals surface area contributed by atoms with Gasteiger partial charge in [-0.1, -0.05) is 49.1 Å². The number of carboxylic acids is 1. The molecule has 5 atom stereocenters. The molecule has 12 nitrogen and oxygen atoms in total. The van der Waals surface area contributed by atoms with Crippen LogP contribution in [0.1, 0.15) is 36.7 Å². The minimum absolute atomic E-state index is 0.0117. The second kappa shape index (κ2) is 11.3. The third-order valence-electron chi connectivity index (χ3n) is 7.69. The topological polar surface area (TPSA) is 169 Å². The van der Waals surface area contributed by atoms with Gasteiger partial charge in [0, 0.05) is 13.5 Å². The molecule has 4 N–H and O–H groups in total. The van der Waals surface area contributed by atoms with Crippen LogP contribution >= 0.6 is 11.6 Å². The molecule has 1 saturated carbocycles. The first kappa shape index (κ1) is 28.9. The second-order valence-electron chi connectivity index (χ2n) is 10.4. The lowest BCUT2D eigenvalue weighted by Crippen LogP contribution is -2.57. The van der Waals surface area contributed by atoms with Gasteiger partial charge in [-0.25, -0.2) is 14.8 Å². The van der Waals surface area contributed by atoms with Gasteiger partial charge in [-0.2, -0.15) is 4.98 Å². The van der Waals surface area contributed by atoms with Crippen LogP contribution in [0.3, 0.4) is 0 Å². The molecule has 3 heterocycles. The van der Waals surface area contributed by atoms with E-state index in [2.05, 4.69) is 26.2 Å². The molecule has 1 amide bonds.